The molecule has 7 rings (SSSR count). The maximum atomic E-state index is 13.1. The van der Waals surface area contributed by atoms with Crippen LogP contribution < -0.4 is 5.43 Å². The largest absolute Gasteiger partial charge is 0.481 e. The Morgan fingerprint density at radius 2 is 1.68 bits per heavy atom. The van der Waals surface area contributed by atoms with E-state index < -0.39 is 11.4 Å². The standard InChI is InChI=1S/C45H65ClN2O5/c1-27(2)30-16-21-45(25-36-48-47-35(53-36)24-28-10-12-29(46)13-11-28)23-22-43(8)31(38(30)45)14-15-33-42(7)19-18-34(52-37(49)26-40(3,4)39(50)51)41(5,6)32(42)17-20-44(33,43)9/h10-13,27,31-34,36,48H,14-26H2,1-9H3,(H,50,51)/t31-,32+,33-,34+,36?,42+,43-,44-,45-/m1/s1. The second-order valence-corrected chi connectivity index (χ2v) is 20.9. The van der Waals surface area contributed by atoms with Gasteiger partial charge in [0.05, 0.1) is 18.3 Å². The Kier molecular flexibility index (Phi) is 9.72. The number of benzene rings is 1. The van der Waals surface area contributed by atoms with Crippen LogP contribution in [0.1, 0.15) is 145 Å². The molecule has 2 N–H and O–H groups in total. The molecular formula is C45H65ClN2O5. The fourth-order valence-corrected chi connectivity index (χ4v) is 13.7. The van der Waals surface area contributed by atoms with Crippen LogP contribution in [-0.4, -0.2) is 35.3 Å². The zero-order valence-electron chi connectivity index (χ0n) is 33.9. The molecule has 1 heterocycles. The van der Waals surface area contributed by atoms with E-state index in [0.29, 0.717) is 30.1 Å². The highest BCUT2D eigenvalue weighted by molar-refractivity contribution is 6.30. The molecular weight excluding hydrogens is 684 g/mol. The van der Waals surface area contributed by atoms with Crippen LogP contribution in [0.5, 0.6) is 0 Å². The van der Waals surface area contributed by atoms with E-state index in [9.17, 15) is 14.7 Å². The van der Waals surface area contributed by atoms with Gasteiger partial charge in [0.1, 0.15) is 6.10 Å². The summed E-state index contributed by atoms with van der Waals surface area (Å²) in [5, 5.41) is 15.0. The summed E-state index contributed by atoms with van der Waals surface area (Å²) >= 11 is 6.13. The third-order valence-electron chi connectivity index (χ3n) is 16.7. The molecule has 7 nitrogen and oxygen atoms in total. The first-order chi connectivity index (χ1) is 24.8. The molecule has 5 aliphatic carbocycles. The fraction of sp³-hybridized carbons (Fsp3) is 0.756. The van der Waals surface area contributed by atoms with Crippen LogP contribution in [0, 0.1) is 56.2 Å². The van der Waals surface area contributed by atoms with E-state index in [4.69, 9.17) is 21.1 Å². The predicted molar refractivity (Wildman–Crippen MR) is 210 cm³/mol. The van der Waals surface area contributed by atoms with E-state index in [1.54, 1.807) is 25.0 Å². The molecule has 1 aromatic carbocycles. The third kappa shape index (κ3) is 6.25. The lowest BCUT2D eigenvalue weighted by atomic mass is 9.33. The lowest BCUT2D eigenvalue weighted by molar-refractivity contribution is -0.234. The summed E-state index contributed by atoms with van der Waals surface area (Å²) in [4.78, 5) is 24.9. The van der Waals surface area contributed by atoms with E-state index in [1.165, 1.54) is 44.9 Å². The summed E-state index contributed by atoms with van der Waals surface area (Å²) in [6.07, 6.45) is 12.8. The van der Waals surface area contributed by atoms with Gasteiger partial charge in [-0.25, -0.2) is 0 Å². The fourth-order valence-electron chi connectivity index (χ4n) is 13.6. The second kappa shape index (κ2) is 13.3. The molecule has 4 fully saturated rings. The van der Waals surface area contributed by atoms with Crippen LogP contribution in [0.25, 0.3) is 0 Å². The molecule has 0 bridgehead atoms. The van der Waals surface area contributed by atoms with Crippen LogP contribution in [0.3, 0.4) is 0 Å². The number of hydrogen-bond donors (Lipinski definition) is 2. The zero-order valence-corrected chi connectivity index (χ0v) is 34.6. The van der Waals surface area contributed by atoms with Crippen molar-refractivity contribution in [3.05, 3.63) is 46.0 Å². The van der Waals surface area contributed by atoms with E-state index in [-0.39, 0.29) is 51.8 Å². The molecule has 8 heteroatoms. The summed E-state index contributed by atoms with van der Waals surface area (Å²) in [7, 11) is 0. The number of carbonyl (C=O) groups is 2. The molecule has 53 heavy (non-hydrogen) atoms. The minimum atomic E-state index is -1.14. The number of rotatable bonds is 9. The highest BCUT2D eigenvalue weighted by atomic mass is 35.5. The van der Waals surface area contributed by atoms with Crippen LogP contribution in [0.4, 0.5) is 0 Å². The number of nitrogens with one attached hydrogen (secondary N) is 1. The highest BCUT2D eigenvalue weighted by Crippen LogP contribution is 2.77. The molecule has 4 saturated carbocycles. The topological polar surface area (TPSA) is 97.2 Å². The Hall–Kier alpha value is -2.54. The summed E-state index contributed by atoms with van der Waals surface area (Å²) in [5.74, 6) is 1.59. The molecule has 0 spiro atoms. The van der Waals surface area contributed by atoms with Gasteiger partial charge in [-0.1, -0.05) is 83.3 Å². The average molecular weight is 749 g/mol. The number of fused-ring (bicyclic) bond motifs is 7. The van der Waals surface area contributed by atoms with Crippen LogP contribution in [0.2, 0.25) is 5.02 Å². The Morgan fingerprint density at radius 1 is 0.962 bits per heavy atom. The Bertz CT molecular complexity index is 1680. The van der Waals surface area contributed by atoms with E-state index in [2.05, 4.69) is 59.0 Å². The van der Waals surface area contributed by atoms with Gasteiger partial charge in [-0.3, -0.25) is 15.0 Å². The molecule has 0 amide bonds. The first kappa shape index (κ1) is 38.7. The van der Waals surface area contributed by atoms with Crippen LogP contribution in [0.15, 0.2) is 40.5 Å². The zero-order chi connectivity index (χ0) is 38.4. The quantitative estimate of drug-likeness (QED) is 0.193. The van der Waals surface area contributed by atoms with Crippen molar-refractivity contribution < 1.29 is 24.2 Å². The van der Waals surface area contributed by atoms with Gasteiger partial charge in [0.2, 0.25) is 5.90 Å². The van der Waals surface area contributed by atoms with Crippen LogP contribution >= 0.6 is 11.6 Å². The number of nitrogens with zero attached hydrogens (tertiary/aromatic N) is 1. The monoisotopic (exact) mass is 748 g/mol. The van der Waals surface area contributed by atoms with Gasteiger partial charge < -0.3 is 14.6 Å². The van der Waals surface area contributed by atoms with Gasteiger partial charge in [0.15, 0.2) is 6.23 Å². The lowest BCUT2D eigenvalue weighted by Crippen LogP contribution is -2.65. The van der Waals surface area contributed by atoms with Crippen LogP contribution in [-0.2, 0) is 25.5 Å². The smallest absolute Gasteiger partial charge is 0.309 e. The number of halogens is 1. The van der Waals surface area contributed by atoms with Gasteiger partial charge >= 0.3 is 11.9 Å². The maximum absolute atomic E-state index is 13.1. The molecule has 6 aliphatic rings. The normalized spacial score (nSPS) is 38.8. The number of carboxylic acids is 1. The number of ether oxygens (including phenoxy) is 2. The van der Waals surface area contributed by atoms with Crippen molar-refractivity contribution in [2.45, 2.75) is 158 Å². The van der Waals surface area contributed by atoms with Crippen molar-refractivity contribution in [3.63, 3.8) is 0 Å². The van der Waals surface area contributed by atoms with Gasteiger partial charge in [-0.2, -0.15) is 0 Å². The summed E-state index contributed by atoms with van der Waals surface area (Å²) < 4.78 is 12.8. The number of carbonyl (C=O) groups excluding carboxylic acids is 1. The lowest BCUT2D eigenvalue weighted by Gasteiger charge is -2.72. The molecule has 292 valence electrons. The number of allylic oxidation sites excluding steroid dienone is 2. The molecule has 1 aromatic rings. The van der Waals surface area contributed by atoms with Gasteiger partial charge in [-0.05, 0) is 141 Å². The third-order valence-corrected chi connectivity index (χ3v) is 16.9. The number of carboxylic acid groups (broad SMARTS) is 1. The van der Waals surface area contributed by atoms with Crippen molar-refractivity contribution in [1.29, 1.82) is 0 Å². The van der Waals surface area contributed by atoms with Crippen molar-refractivity contribution in [3.8, 4) is 0 Å². The highest BCUT2D eigenvalue weighted by Gasteiger charge is 2.70. The first-order valence-corrected chi connectivity index (χ1v) is 21.0. The van der Waals surface area contributed by atoms with Crippen molar-refractivity contribution in [2.75, 3.05) is 0 Å². The van der Waals surface area contributed by atoms with Gasteiger partial charge in [0, 0.05) is 16.9 Å². The Balaban J connectivity index is 1.10. The van der Waals surface area contributed by atoms with Crippen molar-refractivity contribution in [1.82, 2.24) is 5.43 Å². The van der Waals surface area contributed by atoms with Crippen molar-refractivity contribution in [2.24, 2.45) is 61.3 Å². The van der Waals surface area contributed by atoms with E-state index in [1.807, 2.05) is 24.3 Å². The van der Waals surface area contributed by atoms with E-state index >= 15 is 0 Å². The molecule has 1 aliphatic heterocycles. The molecule has 0 aromatic heterocycles. The van der Waals surface area contributed by atoms with E-state index in [0.717, 1.165) is 42.2 Å². The maximum Gasteiger partial charge on any atom is 0.309 e. The molecule has 9 atom stereocenters. The van der Waals surface area contributed by atoms with Gasteiger partial charge in [-0.15, -0.1) is 5.10 Å². The summed E-state index contributed by atoms with van der Waals surface area (Å²) in [6, 6.07) is 7.95. The Morgan fingerprint density at radius 3 is 2.36 bits per heavy atom. The van der Waals surface area contributed by atoms with Gasteiger partial charge in [0.25, 0.3) is 0 Å². The first-order valence-electron chi connectivity index (χ1n) is 20.7. The average Bonchev–Trinajstić information content (AvgIpc) is 3.68. The second-order valence-electron chi connectivity index (χ2n) is 20.4. The predicted octanol–water partition coefficient (Wildman–Crippen LogP) is 10.7. The minimum Gasteiger partial charge on any atom is -0.481 e. The van der Waals surface area contributed by atoms with Crippen molar-refractivity contribution >= 4 is 29.4 Å². The molecule has 0 radical (unpaired) electrons. The number of hydrogen-bond acceptors (Lipinski definition) is 6. The minimum absolute atomic E-state index is 0.104. The number of aliphatic carboxylic acids is 1. The summed E-state index contributed by atoms with van der Waals surface area (Å²) in [6.45, 7) is 20.6. The number of hydrazone groups is 1. The number of esters is 1. The Labute approximate surface area is 323 Å². The summed E-state index contributed by atoms with van der Waals surface area (Å²) in [5.41, 5.74) is 7.49. The SMILES string of the molecule is CC(C)C1=C2[C@H]3CC[C@@H]4[C@@]5(C)CC[C@H](OC(=O)CC(C)(C)C(=O)O)C(C)(C)[C@@H]5CC[C@@]4(C)[C@]3(C)CC[C@@]2(CC2NN=C(Cc3ccc(Cl)cc3)O2)CC1. The molecule has 1 unspecified atom stereocenters. The molecule has 0 saturated heterocycles.